The number of imidazole rings is 1. The first-order valence-electron chi connectivity index (χ1n) is 10.7. The van der Waals surface area contributed by atoms with Crippen LogP contribution in [0.25, 0.3) is 16.7 Å². The highest BCUT2D eigenvalue weighted by atomic mass is 32.2. The van der Waals surface area contributed by atoms with E-state index in [1.54, 1.807) is 0 Å². The highest BCUT2D eigenvalue weighted by molar-refractivity contribution is 7.99. The SMILES string of the molecule is CCOc1ccc(-n2c(SCC(=O)N3C[C@H](C)C[C@H](C)C3)nc3ccccc32)cc1. The van der Waals surface area contributed by atoms with Crippen molar-refractivity contribution < 1.29 is 9.53 Å². The van der Waals surface area contributed by atoms with Gasteiger partial charge >= 0.3 is 0 Å². The second-order valence-electron chi connectivity index (χ2n) is 8.18. The summed E-state index contributed by atoms with van der Waals surface area (Å²) in [5, 5.41) is 0.840. The van der Waals surface area contributed by atoms with Crippen LogP contribution in [0.15, 0.2) is 53.7 Å². The Morgan fingerprint density at radius 3 is 2.50 bits per heavy atom. The van der Waals surface area contributed by atoms with Gasteiger partial charge in [0.05, 0.1) is 23.4 Å². The molecule has 0 aliphatic carbocycles. The molecule has 0 N–H and O–H groups in total. The third kappa shape index (κ3) is 4.48. The topological polar surface area (TPSA) is 47.4 Å². The second kappa shape index (κ2) is 9.13. The lowest BCUT2D eigenvalue weighted by molar-refractivity contribution is -0.130. The molecule has 2 atom stereocenters. The van der Waals surface area contributed by atoms with Crippen molar-refractivity contribution in [3.8, 4) is 11.4 Å². The van der Waals surface area contributed by atoms with Gasteiger partial charge in [-0.15, -0.1) is 0 Å². The van der Waals surface area contributed by atoms with Gasteiger partial charge in [0.2, 0.25) is 5.91 Å². The number of benzene rings is 2. The van der Waals surface area contributed by atoms with E-state index in [-0.39, 0.29) is 5.91 Å². The highest BCUT2D eigenvalue weighted by Crippen LogP contribution is 2.30. The summed E-state index contributed by atoms with van der Waals surface area (Å²) in [6.07, 6.45) is 1.20. The van der Waals surface area contributed by atoms with Crippen molar-refractivity contribution in [2.45, 2.75) is 32.3 Å². The average Bonchev–Trinajstić information content (AvgIpc) is 3.10. The average molecular weight is 424 g/mol. The molecule has 0 saturated carbocycles. The molecule has 1 fully saturated rings. The van der Waals surface area contributed by atoms with Crippen LogP contribution in [0.1, 0.15) is 27.2 Å². The maximum atomic E-state index is 12.9. The van der Waals surface area contributed by atoms with Gasteiger partial charge in [-0.2, -0.15) is 0 Å². The molecule has 1 aromatic heterocycles. The lowest BCUT2D eigenvalue weighted by Crippen LogP contribution is -2.43. The standard InChI is InChI=1S/C24H29N3O2S/c1-4-29-20-11-9-19(10-12-20)27-22-8-6-5-7-21(22)25-24(27)30-16-23(28)26-14-17(2)13-18(3)15-26/h5-12,17-18H,4,13-16H2,1-3H3/t17-,18+. The number of aromatic nitrogens is 2. The van der Waals surface area contributed by atoms with Crippen LogP contribution in [0.2, 0.25) is 0 Å². The van der Waals surface area contributed by atoms with Crippen LogP contribution in [0.4, 0.5) is 0 Å². The molecule has 5 nitrogen and oxygen atoms in total. The largest absolute Gasteiger partial charge is 0.494 e. The number of carbonyl (C=O) groups excluding carboxylic acids is 1. The van der Waals surface area contributed by atoms with E-state index in [9.17, 15) is 4.79 Å². The van der Waals surface area contributed by atoms with E-state index in [0.29, 0.717) is 24.2 Å². The second-order valence-corrected chi connectivity index (χ2v) is 9.12. The van der Waals surface area contributed by atoms with Crippen LogP contribution in [-0.4, -0.2) is 45.8 Å². The number of hydrogen-bond donors (Lipinski definition) is 0. The van der Waals surface area contributed by atoms with Crippen molar-refractivity contribution in [1.29, 1.82) is 0 Å². The minimum Gasteiger partial charge on any atom is -0.494 e. The van der Waals surface area contributed by atoms with Crippen LogP contribution in [0, 0.1) is 11.8 Å². The fourth-order valence-electron chi connectivity index (χ4n) is 4.29. The maximum Gasteiger partial charge on any atom is 0.233 e. The van der Waals surface area contributed by atoms with Gasteiger partial charge in [-0.25, -0.2) is 4.98 Å². The number of rotatable bonds is 6. The first kappa shape index (κ1) is 20.8. The quantitative estimate of drug-likeness (QED) is 0.522. The first-order valence-corrected chi connectivity index (χ1v) is 11.6. The summed E-state index contributed by atoms with van der Waals surface area (Å²) in [5.41, 5.74) is 2.99. The van der Waals surface area contributed by atoms with Crippen molar-refractivity contribution in [3.63, 3.8) is 0 Å². The molecular weight excluding hydrogens is 394 g/mol. The molecule has 1 saturated heterocycles. The van der Waals surface area contributed by atoms with Gasteiger partial charge in [0.25, 0.3) is 0 Å². The van der Waals surface area contributed by atoms with Crippen LogP contribution in [0.5, 0.6) is 5.75 Å². The van der Waals surface area contributed by atoms with E-state index in [0.717, 1.165) is 40.7 Å². The van der Waals surface area contributed by atoms with Gasteiger partial charge in [0.15, 0.2) is 5.16 Å². The Hall–Kier alpha value is -2.47. The molecule has 6 heteroatoms. The van der Waals surface area contributed by atoms with Gasteiger partial charge in [-0.1, -0.05) is 37.7 Å². The number of ether oxygens (including phenoxy) is 1. The number of likely N-dealkylation sites (tertiary alicyclic amines) is 1. The molecule has 4 rings (SSSR count). The Balaban J connectivity index is 1.58. The summed E-state index contributed by atoms with van der Waals surface area (Å²) in [5.74, 6) is 2.58. The Bertz CT molecular complexity index is 1000. The molecule has 0 unspecified atom stereocenters. The fourth-order valence-corrected chi connectivity index (χ4v) is 5.22. The highest BCUT2D eigenvalue weighted by Gasteiger charge is 2.26. The van der Waals surface area contributed by atoms with Crippen LogP contribution in [-0.2, 0) is 4.79 Å². The molecule has 0 radical (unpaired) electrons. The molecule has 3 aromatic rings. The molecule has 1 aliphatic heterocycles. The van der Waals surface area contributed by atoms with Crippen molar-refractivity contribution >= 4 is 28.7 Å². The Kier molecular flexibility index (Phi) is 6.32. The van der Waals surface area contributed by atoms with Gasteiger partial charge in [0, 0.05) is 18.8 Å². The third-order valence-corrected chi connectivity index (χ3v) is 6.41. The van der Waals surface area contributed by atoms with Crippen molar-refractivity contribution in [1.82, 2.24) is 14.5 Å². The monoisotopic (exact) mass is 423 g/mol. The molecule has 2 heterocycles. The summed E-state index contributed by atoms with van der Waals surface area (Å²) in [6.45, 7) is 8.80. The minimum absolute atomic E-state index is 0.198. The number of piperidine rings is 1. The normalized spacial score (nSPS) is 19.2. The number of thioether (sulfide) groups is 1. The van der Waals surface area contributed by atoms with E-state index in [2.05, 4.69) is 24.5 Å². The Morgan fingerprint density at radius 1 is 1.10 bits per heavy atom. The third-order valence-electron chi connectivity index (χ3n) is 5.48. The van der Waals surface area contributed by atoms with Crippen molar-refractivity contribution in [2.75, 3.05) is 25.4 Å². The molecule has 158 valence electrons. The van der Waals surface area contributed by atoms with Crippen molar-refractivity contribution in [2.24, 2.45) is 11.8 Å². The van der Waals surface area contributed by atoms with E-state index in [4.69, 9.17) is 9.72 Å². The zero-order valence-corrected chi connectivity index (χ0v) is 18.7. The number of para-hydroxylation sites is 2. The van der Waals surface area contributed by atoms with Gasteiger partial charge in [0.1, 0.15) is 5.75 Å². The molecular formula is C24H29N3O2S. The van der Waals surface area contributed by atoms with Crippen LogP contribution < -0.4 is 4.74 Å². The lowest BCUT2D eigenvalue weighted by atomic mass is 9.92. The predicted octanol–water partition coefficient (Wildman–Crippen LogP) is 5.02. The number of nitrogens with zero attached hydrogens (tertiary/aromatic N) is 3. The van der Waals surface area contributed by atoms with E-state index in [1.807, 2.05) is 54.3 Å². The molecule has 0 spiro atoms. The summed E-state index contributed by atoms with van der Waals surface area (Å²) in [7, 11) is 0. The number of amides is 1. The number of carbonyl (C=O) groups is 1. The minimum atomic E-state index is 0.198. The van der Waals surface area contributed by atoms with Crippen LogP contribution in [0.3, 0.4) is 0 Å². The predicted molar refractivity (Wildman–Crippen MR) is 122 cm³/mol. The summed E-state index contributed by atoms with van der Waals surface area (Å²) >= 11 is 1.52. The van der Waals surface area contributed by atoms with Crippen LogP contribution >= 0.6 is 11.8 Å². The molecule has 2 aromatic carbocycles. The molecule has 1 aliphatic rings. The molecule has 30 heavy (non-hydrogen) atoms. The summed E-state index contributed by atoms with van der Waals surface area (Å²) in [6, 6.07) is 16.1. The Labute approximate surface area is 182 Å². The van der Waals surface area contributed by atoms with Gasteiger partial charge in [-0.3, -0.25) is 9.36 Å². The van der Waals surface area contributed by atoms with E-state index in [1.165, 1.54) is 18.2 Å². The first-order chi connectivity index (χ1) is 14.5. The lowest BCUT2D eigenvalue weighted by Gasteiger charge is -2.35. The summed E-state index contributed by atoms with van der Waals surface area (Å²) < 4.78 is 7.71. The summed E-state index contributed by atoms with van der Waals surface area (Å²) in [4.78, 5) is 19.7. The Morgan fingerprint density at radius 2 is 1.80 bits per heavy atom. The van der Waals surface area contributed by atoms with Gasteiger partial charge < -0.3 is 9.64 Å². The van der Waals surface area contributed by atoms with E-state index >= 15 is 0 Å². The fraction of sp³-hybridized carbons (Fsp3) is 0.417. The smallest absolute Gasteiger partial charge is 0.233 e. The van der Waals surface area contributed by atoms with Gasteiger partial charge in [-0.05, 0) is 61.6 Å². The van der Waals surface area contributed by atoms with Crippen molar-refractivity contribution in [3.05, 3.63) is 48.5 Å². The number of hydrogen-bond acceptors (Lipinski definition) is 4. The molecule has 1 amide bonds. The maximum absolute atomic E-state index is 12.9. The van der Waals surface area contributed by atoms with E-state index < -0.39 is 0 Å². The molecule has 0 bridgehead atoms. The number of fused-ring (bicyclic) bond motifs is 1. The zero-order valence-electron chi connectivity index (χ0n) is 17.9. The zero-order chi connectivity index (χ0) is 21.1.